The fourth-order valence-corrected chi connectivity index (χ4v) is 1.69. The van der Waals surface area contributed by atoms with Gasteiger partial charge in [-0.1, -0.05) is 18.0 Å². The van der Waals surface area contributed by atoms with E-state index >= 15 is 0 Å². The molecule has 0 N–H and O–H groups in total. The Kier molecular flexibility index (Phi) is 3.25. The zero-order chi connectivity index (χ0) is 8.27. The van der Waals surface area contributed by atoms with Crippen molar-refractivity contribution in [2.24, 2.45) is 0 Å². The minimum absolute atomic E-state index is 0.963. The molecule has 1 aliphatic rings. The SMILES string of the molecule is CN(C)C(Cl)=C1CCCCC1. The van der Waals surface area contributed by atoms with Gasteiger partial charge in [0.25, 0.3) is 0 Å². The highest BCUT2D eigenvalue weighted by molar-refractivity contribution is 6.29. The molecule has 1 aliphatic carbocycles. The van der Waals surface area contributed by atoms with Gasteiger partial charge < -0.3 is 4.90 Å². The second-order valence-corrected chi connectivity index (χ2v) is 3.71. The van der Waals surface area contributed by atoms with E-state index in [1.165, 1.54) is 37.7 Å². The van der Waals surface area contributed by atoms with Crippen LogP contribution in [0, 0.1) is 0 Å². The van der Waals surface area contributed by atoms with Crippen molar-refractivity contribution in [3.05, 3.63) is 10.7 Å². The third kappa shape index (κ3) is 2.41. The van der Waals surface area contributed by atoms with E-state index in [1.807, 2.05) is 19.0 Å². The minimum Gasteiger partial charge on any atom is -0.369 e. The molecule has 0 spiro atoms. The van der Waals surface area contributed by atoms with E-state index in [9.17, 15) is 0 Å². The van der Waals surface area contributed by atoms with Crippen molar-refractivity contribution in [3.63, 3.8) is 0 Å². The molecule has 0 atom stereocenters. The second kappa shape index (κ2) is 4.01. The first kappa shape index (κ1) is 8.92. The molecular weight excluding hydrogens is 158 g/mol. The molecule has 0 saturated heterocycles. The molecule has 0 aromatic heterocycles. The summed E-state index contributed by atoms with van der Waals surface area (Å²) in [4.78, 5) is 2.00. The van der Waals surface area contributed by atoms with Crippen LogP contribution in [0.1, 0.15) is 32.1 Å². The van der Waals surface area contributed by atoms with E-state index in [0.29, 0.717) is 0 Å². The fourth-order valence-electron chi connectivity index (χ4n) is 1.50. The van der Waals surface area contributed by atoms with E-state index in [-0.39, 0.29) is 0 Å². The Hall–Kier alpha value is -0.170. The first-order valence-electron chi connectivity index (χ1n) is 4.26. The second-order valence-electron chi connectivity index (χ2n) is 3.35. The molecule has 1 rings (SSSR count). The molecule has 1 nitrogen and oxygen atoms in total. The number of hydrogen-bond acceptors (Lipinski definition) is 1. The summed E-state index contributed by atoms with van der Waals surface area (Å²) in [5, 5.41) is 0.963. The van der Waals surface area contributed by atoms with Crippen molar-refractivity contribution in [1.29, 1.82) is 0 Å². The summed E-state index contributed by atoms with van der Waals surface area (Å²) in [6.45, 7) is 0. The van der Waals surface area contributed by atoms with E-state index in [2.05, 4.69) is 0 Å². The largest absolute Gasteiger partial charge is 0.369 e. The topological polar surface area (TPSA) is 3.24 Å². The van der Waals surface area contributed by atoms with Gasteiger partial charge in [0.05, 0.1) is 0 Å². The zero-order valence-electron chi connectivity index (χ0n) is 7.36. The molecule has 0 aromatic rings. The first-order valence-corrected chi connectivity index (χ1v) is 4.64. The van der Waals surface area contributed by atoms with Crippen molar-refractivity contribution in [2.75, 3.05) is 14.1 Å². The van der Waals surface area contributed by atoms with Gasteiger partial charge in [0.2, 0.25) is 0 Å². The van der Waals surface area contributed by atoms with Crippen LogP contribution in [0.3, 0.4) is 0 Å². The predicted molar refractivity (Wildman–Crippen MR) is 49.7 cm³/mol. The Morgan fingerprint density at radius 2 is 1.73 bits per heavy atom. The number of rotatable bonds is 1. The molecule has 0 aromatic carbocycles. The maximum Gasteiger partial charge on any atom is 0.103 e. The van der Waals surface area contributed by atoms with Crippen molar-refractivity contribution in [3.8, 4) is 0 Å². The standard InChI is InChI=1S/C9H16ClN/c1-11(2)9(10)8-6-4-3-5-7-8/h3-7H2,1-2H3. The predicted octanol–water partition coefficient (Wildman–Crippen LogP) is 2.96. The normalized spacial score (nSPS) is 18.3. The third-order valence-electron chi connectivity index (χ3n) is 2.14. The quantitative estimate of drug-likeness (QED) is 0.552. The minimum atomic E-state index is 0.963. The Morgan fingerprint density at radius 1 is 1.18 bits per heavy atom. The molecule has 0 unspecified atom stereocenters. The van der Waals surface area contributed by atoms with E-state index < -0.39 is 0 Å². The Balaban J connectivity index is 2.60. The van der Waals surface area contributed by atoms with Gasteiger partial charge in [-0.2, -0.15) is 0 Å². The van der Waals surface area contributed by atoms with Gasteiger partial charge >= 0.3 is 0 Å². The molecule has 0 amide bonds. The van der Waals surface area contributed by atoms with Gasteiger partial charge in [0.15, 0.2) is 0 Å². The zero-order valence-corrected chi connectivity index (χ0v) is 8.12. The summed E-state index contributed by atoms with van der Waals surface area (Å²) in [6.07, 6.45) is 6.42. The van der Waals surface area contributed by atoms with Crippen LogP contribution in [0.25, 0.3) is 0 Å². The average molecular weight is 174 g/mol. The van der Waals surface area contributed by atoms with Crippen LogP contribution in [-0.2, 0) is 0 Å². The Labute approximate surface area is 74.0 Å². The van der Waals surface area contributed by atoms with Gasteiger partial charge in [-0.15, -0.1) is 0 Å². The summed E-state index contributed by atoms with van der Waals surface area (Å²) in [5.74, 6) is 0. The highest BCUT2D eigenvalue weighted by atomic mass is 35.5. The summed E-state index contributed by atoms with van der Waals surface area (Å²) >= 11 is 6.10. The van der Waals surface area contributed by atoms with Crippen LogP contribution in [-0.4, -0.2) is 19.0 Å². The molecule has 2 heteroatoms. The highest BCUT2D eigenvalue weighted by Crippen LogP contribution is 2.27. The maximum atomic E-state index is 6.10. The van der Waals surface area contributed by atoms with Gasteiger partial charge in [-0.25, -0.2) is 0 Å². The van der Waals surface area contributed by atoms with Crippen LogP contribution in [0.2, 0.25) is 0 Å². The molecule has 0 heterocycles. The third-order valence-corrected chi connectivity index (χ3v) is 2.75. The lowest BCUT2D eigenvalue weighted by Crippen LogP contribution is -2.10. The van der Waals surface area contributed by atoms with E-state index in [0.717, 1.165) is 5.16 Å². The van der Waals surface area contributed by atoms with Crippen LogP contribution in [0.4, 0.5) is 0 Å². The number of hydrogen-bond donors (Lipinski definition) is 0. The first-order chi connectivity index (χ1) is 5.22. The summed E-state index contributed by atoms with van der Waals surface area (Å²) in [7, 11) is 4.01. The van der Waals surface area contributed by atoms with Crippen LogP contribution in [0.5, 0.6) is 0 Å². The van der Waals surface area contributed by atoms with Gasteiger partial charge in [-0.05, 0) is 31.3 Å². The van der Waals surface area contributed by atoms with Gasteiger partial charge in [-0.3, -0.25) is 0 Å². The molecule has 0 radical (unpaired) electrons. The Morgan fingerprint density at radius 3 is 2.18 bits per heavy atom. The number of halogens is 1. The van der Waals surface area contributed by atoms with Crippen molar-refractivity contribution < 1.29 is 0 Å². The molecule has 64 valence electrons. The monoisotopic (exact) mass is 173 g/mol. The smallest absolute Gasteiger partial charge is 0.103 e. The van der Waals surface area contributed by atoms with E-state index in [1.54, 1.807) is 0 Å². The summed E-state index contributed by atoms with van der Waals surface area (Å²) < 4.78 is 0. The number of nitrogens with zero attached hydrogens (tertiary/aromatic N) is 1. The van der Waals surface area contributed by atoms with Crippen LogP contribution >= 0.6 is 11.6 Å². The van der Waals surface area contributed by atoms with Crippen LogP contribution < -0.4 is 0 Å². The van der Waals surface area contributed by atoms with Crippen LogP contribution in [0.15, 0.2) is 10.7 Å². The lowest BCUT2D eigenvalue weighted by atomic mass is 9.96. The molecular formula is C9H16ClN. The molecule has 11 heavy (non-hydrogen) atoms. The molecule has 1 fully saturated rings. The lowest BCUT2D eigenvalue weighted by molar-refractivity contribution is 0.512. The number of allylic oxidation sites excluding steroid dienone is 1. The van der Waals surface area contributed by atoms with E-state index in [4.69, 9.17) is 11.6 Å². The fraction of sp³-hybridized carbons (Fsp3) is 0.778. The van der Waals surface area contributed by atoms with Crippen molar-refractivity contribution >= 4 is 11.6 Å². The lowest BCUT2D eigenvalue weighted by Gasteiger charge is -2.20. The highest BCUT2D eigenvalue weighted by Gasteiger charge is 2.10. The molecule has 1 saturated carbocycles. The average Bonchev–Trinajstić information content (AvgIpc) is 2.05. The van der Waals surface area contributed by atoms with Crippen molar-refractivity contribution in [2.45, 2.75) is 32.1 Å². The van der Waals surface area contributed by atoms with Gasteiger partial charge in [0, 0.05) is 14.1 Å². The summed E-state index contributed by atoms with van der Waals surface area (Å²) in [5.41, 5.74) is 1.45. The summed E-state index contributed by atoms with van der Waals surface area (Å²) in [6, 6.07) is 0. The maximum absolute atomic E-state index is 6.10. The Bertz CT molecular complexity index is 153. The molecule has 0 bridgehead atoms. The van der Waals surface area contributed by atoms with Crippen molar-refractivity contribution in [1.82, 2.24) is 4.90 Å². The van der Waals surface area contributed by atoms with Gasteiger partial charge in [0.1, 0.15) is 5.16 Å². The molecule has 0 aliphatic heterocycles.